The van der Waals surface area contributed by atoms with Crippen molar-refractivity contribution in [1.29, 1.82) is 0 Å². The predicted octanol–water partition coefficient (Wildman–Crippen LogP) is 2.44. The molecule has 0 saturated carbocycles. The molecule has 0 aromatic heterocycles. The maximum atomic E-state index is 13.3. The predicted molar refractivity (Wildman–Crippen MR) is 75.1 cm³/mol. The van der Waals surface area contributed by atoms with Gasteiger partial charge in [0.2, 0.25) is 0 Å². The monoisotopic (exact) mass is 283 g/mol. The van der Waals surface area contributed by atoms with Crippen molar-refractivity contribution >= 4 is 5.97 Å². The summed E-state index contributed by atoms with van der Waals surface area (Å²) in [7, 11) is 0. The van der Waals surface area contributed by atoms with Crippen molar-refractivity contribution in [1.82, 2.24) is 0 Å². The number of halogens is 1. The summed E-state index contributed by atoms with van der Waals surface area (Å²) in [6, 6.07) is 4.14. The average molecular weight is 283 g/mol. The molecular weight excluding hydrogens is 261 g/mol. The van der Waals surface area contributed by atoms with Crippen molar-refractivity contribution < 1.29 is 18.7 Å². The first kappa shape index (κ1) is 16.4. The quantitative estimate of drug-likeness (QED) is 0.781. The van der Waals surface area contributed by atoms with Crippen LogP contribution in [0.25, 0.3) is 0 Å². The third kappa shape index (κ3) is 4.81. The molecule has 0 aliphatic heterocycles. The molecule has 112 valence electrons. The number of esters is 1. The zero-order valence-corrected chi connectivity index (χ0v) is 12.2. The first-order valence-electron chi connectivity index (χ1n) is 6.85. The smallest absolute Gasteiger partial charge is 0.347 e. The lowest BCUT2D eigenvalue weighted by Crippen LogP contribution is -2.27. The Morgan fingerprint density at radius 3 is 2.70 bits per heavy atom. The summed E-state index contributed by atoms with van der Waals surface area (Å²) in [4.78, 5) is 11.6. The number of carbonyl (C=O) groups is 1. The molecule has 0 aliphatic rings. The maximum Gasteiger partial charge on any atom is 0.347 e. The number of ether oxygens (including phenoxy) is 2. The fraction of sp³-hybridized carbons (Fsp3) is 0.533. The van der Waals surface area contributed by atoms with Gasteiger partial charge in [0.05, 0.1) is 6.61 Å². The van der Waals surface area contributed by atoms with Crippen LogP contribution in [0.3, 0.4) is 0 Å². The van der Waals surface area contributed by atoms with Crippen molar-refractivity contribution in [2.75, 3.05) is 6.61 Å². The van der Waals surface area contributed by atoms with Crippen LogP contribution in [-0.2, 0) is 16.0 Å². The van der Waals surface area contributed by atoms with Crippen LogP contribution < -0.4 is 10.5 Å². The van der Waals surface area contributed by atoms with E-state index in [1.54, 1.807) is 13.8 Å². The molecule has 0 spiro atoms. The zero-order chi connectivity index (χ0) is 15.1. The first-order valence-corrected chi connectivity index (χ1v) is 6.85. The van der Waals surface area contributed by atoms with E-state index >= 15 is 0 Å². The van der Waals surface area contributed by atoms with Gasteiger partial charge in [-0.2, -0.15) is 0 Å². The van der Waals surface area contributed by atoms with Crippen LogP contribution >= 0.6 is 0 Å². The van der Waals surface area contributed by atoms with Crippen molar-refractivity contribution in [3.63, 3.8) is 0 Å². The van der Waals surface area contributed by atoms with Crippen molar-refractivity contribution in [2.45, 2.75) is 45.8 Å². The summed E-state index contributed by atoms with van der Waals surface area (Å²) in [5, 5.41) is 0. The van der Waals surface area contributed by atoms with Crippen molar-refractivity contribution in [3.05, 3.63) is 29.6 Å². The number of hydrogen-bond acceptors (Lipinski definition) is 4. The van der Waals surface area contributed by atoms with Crippen LogP contribution in [0.15, 0.2) is 18.2 Å². The lowest BCUT2D eigenvalue weighted by atomic mass is 10.0. The molecule has 0 saturated heterocycles. The van der Waals surface area contributed by atoms with Gasteiger partial charge >= 0.3 is 5.97 Å². The number of rotatable bonds is 7. The summed E-state index contributed by atoms with van der Waals surface area (Å²) in [6.45, 7) is 5.59. The minimum absolute atomic E-state index is 0.0722. The van der Waals surface area contributed by atoms with E-state index in [4.69, 9.17) is 15.2 Å². The molecule has 2 unspecified atom stereocenters. The molecule has 4 nitrogen and oxygen atoms in total. The van der Waals surface area contributed by atoms with Gasteiger partial charge in [0.1, 0.15) is 11.6 Å². The molecule has 0 fully saturated rings. The van der Waals surface area contributed by atoms with E-state index in [1.165, 1.54) is 18.2 Å². The summed E-state index contributed by atoms with van der Waals surface area (Å²) >= 11 is 0. The van der Waals surface area contributed by atoms with Gasteiger partial charge in [-0.15, -0.1) is 0 Å². The number of nitrogens with two attached hydrogens (primary N) is 1. The third-order valence-corrected chi connectivity index (χ3v) is 2.95. The topological polar surface area (TPSA) is 61.5 Å². The van der Waals surface area contributed by atoms with E-state index < -0.39 is 12.1 Å². The molecular formula is C15H22FNO3. The molecule has 0 heterocycles. The Labute approximate surface area is 119 Å². The lowest BCUT2D eigenvalue weighted by molar-refractivity contribution is -0.150. The van der Waals surface area contributed by atoms with Crippen LogP contribution in [-0.4, -0.2) is 24.7 Å². The van der Waals surface area contributed by atoms with Crippen molar-refractivity contribution in [2.24, 2.45) is 5.73 Å². The fourth-order valence-electron chi connectivity index (χ4n) is 1.75. The van der Waals surface area contributed by atoms with Gasteiger partial charge in [0.25, 0.3) is 0 Å². The van der Waals surface area contributed by atoms with Gasteiger partial charge in [0.15, 0.2) is 6.10 Å². The lowest BCUT2D eigenvalue weighted by Gasteiger charge is -2.18. The minimum Gasteiger partial charge on any atom is -0.479 e. The summed E-state index contributed by atoms with van der Waals surface area (Å²) < 4.78 is 23.8. The summed E-state index contributed by atoms with van der Waals surface area (Å²) in [5.74, 6) is -0.321. The Balaban J connectivity index is 2.85. The van der Waals surface area contributed by atoms with Crippen LogP contribution in [0.1, 0.15) is 32.8 Å². The highest BCUT2D eigenvalue weighted by Crippen LogP contribution is 2.23. The van der Waals surface area contributed by atoms with Crippen molar-refractivity contribution in [3.8, 4) is 5.75 Å². The summed E-state index contributed by atoms with van der Waals surface area (Å²) in [6.07, 6.45) is 0.541. The van der Waals surface area contributed by atoms with E-state index in [0.717, 1.165) is 6.42 Å². The van der Waals surface area contributed by atoms with E-state index in [-0.39, 0.29) is 11.9 Å². The molecule has 0 bridgehead atoms. The maximum absolute atomic E-state index is 13.3. The Kier molecular flexibility index (Phi) is 6.45. The second kappa shape index (κ2) is 7.85. The van der Waals surface area contributed by atoms with Crippen LogP contribution in [0.5, 0.6) is 5.75 Å². The summed E-state index contributed by atoms with van der Waals surface area (Å²) in [5.41, 5.74) is 6.56. The van der Waals surface area contributed by atoms with Gasteiger partial charge in [-0.1, -0.05) is 6.92 Å². The van der Waals surface area contributed by atoms with E-state index in [9.17, 15) is 9.18 Å². The van der Waals surface area contributed by atoms with E-state index in [1.807, 2.05) is 6.92 Å². The Morgan fingerprint density at radius 1 is 1.40 bits per heavy atom. The van der Waals surface area contributed by atoms with Gasteiger partial charge in [0, 0.05) is 6.04 Å². The second-order valence-electron chi connectivity index (χ2n) is 4.64. The molecule has 0 aliphatic carbocycles. The van der Waals surface area contributed by atoms with Crippen LogP contribution in [0, 0.1) is 5.82 Å². The highest BCUT2D eigenvalue weighted by Gasteiger charge is 2.18. The Hall–Kier alpha value is -1.62. The average Bonchev–Trinajstić information content (AvgIpc) is 2.41. The van der Waals surface area contributed by atoms with Crippen LogP contribution in [0.4, 0.5) is 4.39 Å². The van der Waals surface area contributed by atoms with E-state index in [0.29, 0.717) is 24.3 Å². The normalized spacial score (nSPS) is 13.7. The van der Waals surface area contributed by atoms with Gasteiger partial charge in [-0.25, -0.2) is 9.18 Å². The van der Waals surface area contributed by atoms with Gasteiger partial charge < -0.3 is 15.2 Å². The SMILES string of the molecule is CCOC(=O)C(C)Oc1ccc(F)cc1CC(N)CC. The first-order chi connectivity index (χ1) is 9.47. The van der Waals surface area contributed by atoms with E-state index in [2.05, 4.69) is 0 Å². The molecule has 1 aromatic carbocycles. The molecule has 1 rings (SSSR count). The largest absolute Gasteiger partial charge is 0.479 e. The third-order valence-electron chi connectivity index (χ3n) is 2.95. The fourth-order valence-corrected chi connectivity index (χ4v) is 1.75. The highest BCUT2D eigenvalue weighted by molar-refractivity contribution is 5.74. The highest BCUT2D eigenvalue weighted by atomic mass is 19.1. The number of carbonyl (C=O) groups excluding carboxylic acids is 1. The molecule has 0 amide bonds. The molecule has 2 atom stereocenters. The zero-order valence-electron chi connectivity index (χ0n) is 12.2. The van der Waals surface area contributed by atoms with Gasteiger partial charge in [-0.3, -0.25) is 0 Å². The standard InChI is InChI=1S/C15H22FNO3/c1-4-13(17)9-11-8-12(16)6-7-14(11)20-10(3)15(18)19-5-2/h6-8,10,13H,4-5,9,17H2,1-3H3. The molecule has 1 aromatic rings. The number of hydrogen-bond donors (Lipinski definition) is 1. The molecule has 20 heavy (non-hydrogen) atoms. The molecule has 0 radical (unpaired) electrons. The van der Waals surface area contributed by atoms with Crippen LogP contribution in [0.2, 0.25) is 0 Å². The number of benzene rings is 1. The second-order valence-corrected chi connectivity index (χ2v) is 4.64. The molecule has 5 heteroatoms. The molecule has 2 N–H and O–H groups in total. The Morgan fingerprint density at radius 2 is 2.10 bits per heavy atom. The van der Waals surface area contributed by atoms with Gasteiger partial charge in [-0.05, 0) is 50.5 Å². The minimum atomic E-state index is -0.739. The Bertz CT molecular complexity index is 451.